The molecule has 1 aromatic carbocycles. The first kappa shape index (κ1) is 11.5. The molecule has 0 aliphatic rings. The lowest BCUT2D eigenvalue weighted by Gasteiger charge is -2.07. The van der Waals surface area contributed by atoms with Crippen molar-refractivity contribution in [3.63, 3.8) is 0 Å². The molecule has 0 heterocycles. The average molecular weight is 204 g/mol. The number of esters is 1. The maximum atomic E-state index is 11.6. The van der Waals surface area contributed by atoms with Crippen LogP contribution in [0.1, 0.15) is 28.4 Å². The quantitative estimate of drug-likeness (QED) is 0.558. The van der Waals surface area contributed by atoms with E-state index in [4.69, 9.17) is 4.74 Å². The number of hydrogen-bond donors (Lipinski definition) is 0. The molecular weight excluding hydrogens is 188 g/mol. The number of benzene rings is 1. The van der Waals surface area contributed by atoms with E-state index in [1.54, 1.807) is 6.07 Å². The topological polar surface area (TPSA) is 26.3 Å². The third-order valence-electron chi connectivity index (χ3n) is 2.37. The maximum Gasteiger partial charge on any atom is 0.338 e. The van der Waals surface area contributed by atoms with Gasteiger partial charge in [0.1, 0.15) is 6.61 Å². The van der Waals surface area contributed by atoms with E-state index < -0.39 is 0 Å². The Kier molecular flexibility index (Phi) is 4.10. The second kappa shape index (κ2) is 5.35. The lowest BCUT2D eigenvalue weighted by molar-refractivity contribution is 0.0548. The Bertz CT molecular complexity index is 378. The summed E-state index contributed by atoms with van der Waals surface area (Å²) in [6.07, 6.45) is 3.67. The van der Waals surface area contributed by atoms with Crippen molar-refractivity contribution in [1.82, 2.24) is 0 Å². The van der Waals surface area contributed by atoms with Gasteiger partial charge in [-0.3, -0.25) is 0 Å². The molecule has 15 heavy (non-hydrogen) atoms. The van der Waals surface area contributed by atoms with Gasteiger partial charge >= 0.3 is 5.97 Å². The fourth-order valence-corrected chi connectivity index (χ4v) is 1.27. The second-order valence-electron chi connectivity index (χ2n) is 3.41. The smallest absolute Gasteiger partial charge is 0.338 e. The minimum absolute atomic E-state index is 0.255. The van der Waals surface area contributed by atoms with Crippen LogP contribution in [0.2, 0.25) is 0 Å². The molecule has 0 aliphatic carbocycles. The van der Waals surface area contributed by atoms with Crippen molar-refractivity contribution in [2.75, 3.05) is 6.61 Å². The van der Waals surface area contributed by atoms with Gasteiger partial charge in [-0.2, -0.15) is 0 Å². The van der Waals surface area contributed by atoms with Crippen molar-refractivity contribution in [2.24, 2.45) is 0 Å². The first-order valence-corrected chi connectivity index (χ1v) is 5.01. The Balaban J connectivity index is 2.78. The number of aryl methyl sites for hydroxylation is 1. The predicted molar refractivity (Wildman–Crippen MR) is 61.0 cm³/mol. The van der Waals surface area contributed by atoms with Crippen LogP contribution in [-0.4, -0.2) is 12.6 Å². The molecule has 80 valence electrons. The van der Waals surface area contributed by atoms with E-state index in [9.17, 15) is 4.79 Å². The van der Waals surface area contributed by atoms with E-state index in [2.05, 4.69) is 0 Å². The molecule has 1 rings (SSSR count). The lowest BCUT2D eigenvalue weighted by atomic mass is 10.0. The van der Waals surface area contributed by atoms with E-state index in [1.165, 1.54) is 0 Å². The molecule has 0 atom stereocenters. The molecule has 0 fully saturated rings. The van der Waals surface area contributed by atoms with Gasteiger partial charge in [-0.15, -0.1) is 0 Å². The van der Waals surface area contributed by atoms with Crippen LogP contribution in [0.5, 0.6) is 0 Å². The molecule has 2 nitrogen and oxygen atoms in total. The van der Waals surface area contributed by atoms with Crippen LogP contribution < -0.4 is 0 Å². The third kappa shape index (κ3) is 2.94. The van der Waals surface area contributed by atoms with Crippen LogP contribution >= 0.6 is 0 Å². The molecule has 0 N–H and O–H groups in total. The zero-order valence-electron chi connectivity index (χ0n) is 9.41. The average Bonchev–Trinajstić information content (AvgIpc) is 2.22. The number of carbonyl (C=O) groups is 1. The molecule has 0 bridgehead atoms. The van der Waals surface area contributed by atoms with Gasteiger partial charge in [0.15, 0.2) is 0 Å². The zero-order chi connectivity index (χ0) is 11.3. The van der Waals surface area contributed by atoms with Gasteiger partial charge in [0, 0.05) is 0 Å². The Morgan fingerprint density at radius 2 is 2.13 bits per heavy atom. The van der Waals surface area contributed by atoms with Crippen molar-refractivity contribution in [2.45, 2.75) is 20.8 Å². The van der Waals surface area contributed by atoms with Crippen molar-refractivity contribution in [1.29, 1.82) is 0 Å². The molecule has 0 amide bonds. The van der Waals surface area contributed by atoms with Crippen LogP contribution in [0.15, 0.2) is 30.4 Å². The molecule has 0 aliphatic heterocycles. The lowest BCUT2D eigenvalue weighted by Crippen LogP contribution is -2.07. The van der Waals surface area contributed by atoms with Gasteiger partial charge in [-0.25, -0.2) is 4.79 Å². The second-order valence-corrected chi connectivity index (χ2v) is 3.41. The summed E-state index contributed by atoms with van der Waals surface area (Å²) in [7, 11) is 0. The molecule has 0 saturated carbocycles. The Hall–Kier alpha value is -1.57. The van der Waals surface area contributed by atoms with Crippen molar-refractivity contribution >= 4 is 5.97 Å². The molecule has 0 unspecified atom stereocenters. The van der Waals surface area contributed by atoms with Crippen LogP contribution in [-0.2, 0) is 4.74 Å². The fourth-order valence-electron chi connectivity index (χ4n) is 1.27. The van der Waals surface area contributed by atoms with Gasteiger partial charge in [0.05, 0.1) is 5.56 Å². The highest BCUT2D eigenvalue weighted by Crippen LogP contribution is 2.13. The normalized spacial score (nSPS) is 10.6. The summed E-state index contributed by atoms with van der Waals surface area (Å²) >= 11 is 0. The first-order chi connectivity index (χ1) is 7.16. The SMILES string of the molecule is C/C=C/COC(=O)c1cccc(C)c1C. The Morgan fingerprint density at radius 3 is 2.80 bits per heavy atom. The highest BCUT2D eigenvalue weighted by atomic mass is 16.5. The molecule has 0 spiro atoms. The van der Waals surface area contributed by atoms with E-state index in [0.717, 1.165) is 11.1 Å². The highest BCUT2D eigenvalue weighted by molar-refractivity contribution is 5.91. The van der Waals surface area contributed by atoms with E-state index in [0.29, 0.717) is 12.2 Å². The third-order valence-corrected chi connectivity index (χ3v) is 2.37. The summed E-state index contributed by atoms with van der Waals surface area (Å²) < 4.78 is 5.08. The summed E-state index contributed by atoms with van der Waals surface area (Å²) in [6.45, 7) is 6.15. The summed E-state index contributed by atoms with van der Waals surface area (Å²) in [6, 6.07) is 5.65. The van der Waals surface area contributed by atoms with Crippen LogP contribution in [0, 0.1) is 13.8 Å². The molecule has 1 aromatic rings. The van der Waals surface area contributed by atoms with E-state index >= 15 is 0 Å². The van der Waals surface area contributed by atoms with Gasteiger partial charge < -0.3 is 4.74 Å². The predicted octanol–water partition coefficient (Wildman–Crippen LogP) is 3.04. The summed E-state index contributed by atoms with van der Waals surface area (Å²) in [5.74, 6) is -0.255. The van der Waals surface area contributed by atoms with Gasteiger partial charge in [0.2, 0.25) is 0 Å². The molecule has 0 radical (unpaired) electrons. The number of rotatable bonds is 3. The minimum atomic E-state index is -0.255. The van der Waals surface area contributed by atoms with E-state index in [-0.39, 0.29) is 5.97 Å². The molecule has 2 heteroatoms. The number of carbonyl (C=O) groups excluding carboxylic acids is 1. The molecular formula is C13H16O2. The van der Waals surface area contributed by atoms with Crippen LogP contribution in [0.3, 0.4) is 0 Å². The summed E-state index contributed by atoms with van der Waals surface area (Å²) in [5.41, 5.74) is 2.75. The molecule has 0 saturated heterocycles. The number of hydrogen-bond acceptors (Lipinski definition) is 2. The van der Waals surface area contributed by atoms with Crippen molar-refractivity contribution in [3.05, 3.63) is 47.0 Å². The van der Waals surface area contributed by atoms with Crippen LogP contribution in [0.25, 0.3) is 0 Å². The standard InChI is InChI=1S/C13H16O2/c1-4-5-9-15-13(14)12-8-6-7-10(2)11(12)3/h4-8H,9H2,1-3H3/b5-4+. The fraction of sp³-hybridized carbons (Fsp3) is 0.308. The summed E-state index contributed by atoms with van der Waals surface area (Å²) in [5, 5.41) is 0. The monoisotopic (exact) mass is 204 g/mol. The van der Waals surface area contributed by atoms with E-state index in [1.807, 2.05) is 45.1 Å². The van der Waals surface area contributed by atoms with Gasteiger partial charge in [-0.05, 0) is 38.0 Å². The van der Waals surface area contributed by atoms with Crippen LogP contribution in [0.4, 0.5) is 0 Å². The van der Waals surface area contributed by atoms with Gasteiger partial charge in [-0.1, -0.05) is 24.3 Å². The Labute approximate surface area is 90.6 Å². The Morgan fingerprint density at radius 1 is 1.40 bits per heavy atom. The zero-order valence-corrected chi connectivity index (χ0v) is 9.41. The maximum absolute atomic E-state index is 11.6. The highest BCUT2D eigenvalue weighted by Gasteiger charge is 2.10. The van der Waals surface area contributed by atoms with Crippen molar-refractivity contribution in [3.8, 4) is 0 Å². The number of ether oxygens (including phenoxy) is 1. The summed E-state index contributed by atoms with van der Waals surface area (Å²) in [4.78, 5) is 11.6. The first-order valence-electron chi connectivity index (χ1n) is 5.01. The largest absolute Gasteiger partial charge is 0.458 e. The number of allylic oxidation sites excluding steroid dienone is 1. The van der Waals surface area contributed by atoms with Crippen molar-refractivity contribution < 1.29 is 9.53 Å². The molecule has 0 aromatic heterocycles. The minimum Gasteiger partial charge on any atom is -0.458 e. The van der Waals surface area contributed by atoms with Gasteiger partial charge in [0.25, 0.3) is 0 Å².